The van der Waals surface area contributed by atoms with Crippen molar-refractivity contribution in [3.05, 3.63) is 175 Å². The summed E-state index contributed by atoms with van der Waals surface area (Å²) in [7, 11) is 0. The van der Waals surface area contributed by atoms with E-state index >= 15 is 0 Å². The monoisotopic (exact) mass is 635 g/mol. The molecular formula is C46H41N3. The number of rotatable bonds is 6. The van der Waals surface area contributed by atoms with Crippen LogP contribution in [-0.2, 0) is 0 Å². The molecule has 49 heavy (non-hydrogen) atoms. The number of para-hydroxylation sites is 2. The molecule has 4 aliphatic rings. The molecule has 0 N–H and O–H groups in total. The Hall–Kier alpha value is -5.59. The summed E-state index contributed by atoms with van der Waals surface area (Å²) in [5.41, 5.74) is 12.2. The molecular weight excluding hydrogens is 595 g/mol. The van der Waals surface area contributed by atoms with Gasteiger partial charge >= 0.3 is 0 Å². The van der Waals surface area contributed by atoms with Crippen molar-refractivity contribution in [1.82, 2.24) is 0 Å². The van der Waals surface area contributed by atoms with Gasteiger partial charge in [-0.2, -0.15) is 5.26 Å². The molecule has 0 saturated carbocycles. The molecule has 3 nitrogen and oxygen atoms in total. The molecule has 0 saturated heterocycles. The maximum atomic E-state index is 10.5. The van der Waals surface area contributed by atoms with Gasteiger partial charge in [-0.3, -0.25) is 0 Å². The first-order valence-electron chi connectivity index (χ1n) is 17.4. The first-order valence-corrected chi connectivity index (χ1v) is 17.4. The Morgan fingerprint density at radius 2 is 1.63 bits per heavy atom. The van der Waals surface area contributed by atoms with Crippen LogP contribution in [0.1, 0.15) is 50.7 Å². The van der Waals surface area contributed by atoms with Gasteiger partial charge in [0.25, 0.3) is 0 Å². The standard InChI is InChI=1S/C46H41N3/c1-5-6-28-45(3)32(2)48(44-21-12-9-18-41(44)45)42-19-10-7-15-38(42)37-27-24-34(30-35(37)31-47)33-22-25-36(26-23-33)49-43-20-11-8-16-39(43)40-17-13-14-29-46(40,49)4/h5-11,13-20,22-30,32,40H,1,12,21H2,2-4H3/b28-6-. The third-order valence-corrected chi connectivity index (χ3v) is 11.4. The van der Waals surface area contributed by atoms with Crippen LogP contribution in [0.2, 0.25) is 0 Å². The fraction of sp³-hybridized carbons (Fsp3) is 0.196. The van der Waals surface area contributed by atoms with Gasteiger partial charge in [0.05, 0.1) is 17.2 Å². The van der Waals surface area contributed by atoms with E-state index in [0.29, 0.717) is 11.5 Å². The van der Waals surface area contributed by atoms with E-state index in [1.165, 1.54) is 22.5 Å². The smallest absolute Gasteiger partial charge is 0.0998 e. The van der Waals surface area contributed by atoms with E-state index in [9.17, 15) is 5.26 Å². The predicted octanol–water partition coefficient (Wildman–Crippen LogP) is 11.6. The zero-order valence-electron chi connectivity index (χ0n) is 28.5. The number of hydrogen-bond acceptors (Lipinski definition) is 3. The maximum Gasteiger partial charge on any atom is 0.0998 e. The molecule has 0 spiro atoms. The molecule has 0 amide bonds. The van der Waals surface area contributed by atoms with E-state index < -0.39 is 0 Å². The maximum absolute atomic E-state index is 10.5. The third kappa shape index (κ3) is 4.70. The van der Waals surface area contributed by atoms with E-state index in [-0.39, 0.29) is 17.0 Å². The van der Waals surface area contributed by atoms with Crippen LogP contribution in [0.4, 0.5) is 17.1 Å². The van der Waals surface area contributed by atoms with Gasteiger partial charge in [-0.15, -0.1) is 0 Å². The molecule has 4 aromatic carbocycles. The second kappa shape index (κ2) is 11.8. The van der Waals surface area contributed by atoms with Gasteiger partial charge in [-0.05, 0) is 86.2 Å². The average molecular weight is 636 g/mol. The quantitative estimate of drug-likeness (QED) is 0.198. The van der Waals surface area contributed by atoms with Crippen LogP contribution in [-0.4, -0.2) is 11.6 Å². The van der Waals surface area contributed by atoms with Crippen molar-refractivity contribution in [2.45, 2.75) is 51.1 Å². The summed E-state index contributed by atoms with van der Waals surface area (Å²) in [5, 5.41) is 10.5. The molecule has 0 fully saturated rings. The molecule has 0 aromatic heterocycles. The number of hydrogen-bond donors (Lipinski definition) is 0. The van der Waals surface area contributed by atoms with Crippen molar-refractivity contribution in [3.63, 3.8) is 0 Å². The molecule has 4 atom stereocenters. The normalized spacial score (nSPS) is 25.0. The highest BCUT2D eigenvalue weighted by Gasteiger charge is 2.47. The number of allylic oxidation sites excluding steroid dienone is 7. The van der Waals surface area contributed by atoms with Gasteiger partial charge in [0, 0.05) is 51.3 Å². The molecule has 0 radical (unpaired) electrons. The minimum Gasteiger partial charge on any atom is -0.340 e. The van der Waals surface area contributed by atoms with Crippen LogP contribution < -0.4 is 9.80 Å². The third-order valence-electron chi connectivity index (χ3n) is 11.4. The highest BCUT2D eigenvalue weighted by atomic mass is 15.2. The van der Waals surface area contributed by atoms with Crippen molar-refractivity contribution in [3.8, 4) is 28.3 Å². The highest BCUT2D eigenvalue weighted by Crippen LogP contribution is 2.54. The van der Waals surface area contributed by atoms with Crippen LogP contribution in [0.15, 0.2) is 164 Å². The minimum absolute atomic E-state index is 0.152. The van der Waals surface area contributed by atoms with E-state index in [4.69, 9.17) is 0 Å². The first-order chi connectivity index (χ1) is 23.9. The van der Waals surface area contributed by atoms with Gasteiger partial charge in [-0.25, -0.2) is 0 Å². The fourth-order valence-corrected chi connectivity index (χ4v) is 8.72. The summed E-state index contributed by atoms with van der Waals surface area (Å²) < 4.78 is 0. The number of fused-ring (bicyclic) bond motifs is 3. The summed E-state index contributed by atoms with van der Waals surface area (Å²) >= 11 is 0. The van der Waals surface area contributed by atoms with Crippen molar-refractivity contribution in [2.24, 2.45) is 5.41 Å². The SMILES string of the molecule is C=C/C=C\C1(C)C2=C(CCC=C2)N(c2ccccc2-c2ccc(-c3ccc(N4c5ccccc5C5C=CC=CC54C)cc3)cc2C#N)C1C. The molecule has 4 unspecified atom stereocenters. The van der Waals surface area contributed by atoms with E-state index in [2.05, 4.69) is 183 Å². The molecule has 2 aliphatic carbocycles. The Bertz CT molecular complexity index is 2170. The van der Waals surface area contributed by atoms with Crippen molar-refractivity contribution >= 4 is 17.1 Å². The van der Waals surface area contributed by atoms with Crippen molar-refractivity contribution in [1.29, 1.82) is 5.26 Å². The lowest BCUT2D eigenvalue weighted by Crippen LogP contribution is -2.41. The minimum atomic E-state index is -0.167. The summed E-state index contributed by atoms with van der Waals surface area (Å²) in [4.78, 5) is 4.99. The van der Waals surface area contributed by atoms with E-state index in [1.807, 2.05) is 6.08 Å². The molecule has 0 bridgehead atoms. The van der Waals surface area contributed by atoms with Gasteiger partial charge < -0.3 is 9.80 Å². The number of nitriles is 1. The summed E-state index contributed by atoms with van der Waals surface area (Å²) in [6, 6.07) is 35.2. The highest BCUT2D eigenvalue weighted by molar-refractivity contribution is 5.87. The Balaban J connectivity index is 1.15. The van der Waals surface area contributed by atoms with Gasteiger partial charge in [0.15, 0.2) is 0 Å². The Morgan fingerprint density at radius 1 is 0.878 bits per heavy atom. The van der Waals surface area contributed by atoms with E-state index in [0.717, 1.165) is 46.5 Å². The molecule has 4 aromatic rings. The summed E-state index contributed by atoms with van der Waals surface area (Å²) in [5.74, 6) is 0.306. The zero-order valence-corrected chi connectivity index (χ0v) is 28.5. The largest absolute Gasteiger partial charge is 0.340 e. The fourth-order valence-electron chi connectivity index (χ4n) is 8.72. The lowest BCUT2D eigenvalue weighted by Gasteiger charge is -2.39. The summed E-state index contributed by atoms with van der Waals surface area (Å²) in [6.07, 6.45) is 21.8. The first kappa shape index (κ1) is 30.7. The Morgan fingerprint density at radius 3 is 2.43 bits per heavy atom. The molecule has 2 aliphatic heterocycles. The average Bonchev–Trinajstić information content (AvgIpc) is 3.54. The lowest BCUT2D eigenvalue weighted by molar-refractivity contribution is 0.454. The van der Waals surface area contributed by atoms with Crippen LogP contribution >= 0.6 is 0 Å². The van der Waals surface area contributed by atoms with Crippen molar-refractivity contribution in [2.75, 3.05) is 9.80 Å². The van der Waals surface area contributed by atoms with Gasteiger partial charge in [0.2, 0.25) is 0 Å². The van der Waals surface area contributed by atoms with Gasteiger partial charge in [-0.1, -0.05) is 122 Å². The number of nitrogens with zero attached hydrogens (tertiary/aromatic N) is 3. The summed E-state index contributed by atoms with van der Waals surface area (Å²) in [6.45, 7) is 10.9. The molecule has 8 rings (SSSR count). The van der Waals surface area contributed by atoms with E-state index in [1.54, 1.807) is 0 Å². The Labute approximate surface area is 290 Å². The van der Waals surface area contributed by atoms with Crippen LogP contribution in [0.3, 0.4) is 0 Å². The van der Waals surface area contributed by atoms with Crippen molar-refractivity contribution < 1.29 is 0 Å². The molecule has 240 valence electrons. The lowest BCUT2D eigenvalue weighted by atomic mass is 9.76. The van der Waals surface area contributed by atoms with Crippen LogP contribution in [0.5, 0.6) is 0 Å². The number of anilines is 3. The Kier molecular flexibility index (Phi) is 7.42. The van der Waals surface area contributed by atoms with Crippen LogP contribution in [0, 0.1) is 16.7 Å². The molecule has 3 heteroatoms. The number of benzene rings is 4. The zero-order chi connectivity index (χ0) is 33.8. The predicted molar refractivity (Wildman–Crippen MR) is 205 cm³/mol. The second-order valence-electron chi connectivity index (χ2n) is 14.0. The van der Waals surface area contributed by atoms with Crippen LogP contribution in [0.25, 0.3) is 22.3 Å². The van der Waals surface area contributed by atoms with Gasteiger partial charge in [0.1, 0.15) is 0 Å². The topological polar surface area (TPSA) is 30.3 Å². The second-order valence-corrected chi connectivity index (χ2v) is 14.0. The molecule has 2 heterocycles.